The van der Waals surface area contributed by atoms with E-state index in [-0.39, 0.29) is 19.3 Å². The first-order chi connectivity index (χ1) is 23.2. The second-order valence-corrected chi connectivity index (χ2v) is 13.7. The van der Waals surface area contributed by atoms with Crippen LogP contribution >= 0.6 is 0 Å². The van der Waals surface area contributed by atoms with E-state index < -0.39 is 36.3 Å². The highest BCUT2D eigenvalue weighted by atomic mass is 16.9. The van der Waals surface area contributed by atoms with Crippen molar-refractivity contribution in [2.45, 2.75) is 225 Å². The summed E-state index contributed by atoms with van der Waals surface area (Å²) in [7, 11) is 0. The molecule has 1 atom stereocenters. The zero-order valence-electron chi connectivity index (χ0n) is 31.2. The van der Waals surface area contributed by atoms with E-state index in [2.05, 4.69) is 20.8 Å². The Morgan fingerprint density at radius 2 is 0.625 bits per heavy atom. The van der Waals surface area contributed by atoms with Gasteiger partial charge in [-0.1, -0.05) is 175 Å². The van der Waals surface area contributed by atoms with Gasteiger partial charge in [0.05, 0.1) is 0 Å². The van der Waals surface area contributed by atoms with E-state index in [9.17, 15) is 29.7 Å². The first-order valence-corrected chi connectivity index (χ1v) is 19.9. The van der Waals surface area contributed by atoms with Gasteiger partial charge in [0.15, 0.2) is 0 Å². The van der Waals surface area contributed by atoms with Crippen molar-refractivity contribution >= 4 is 17.9 Å². The van der Waals surface area contributed by atoms with Crippen LogP contribution in [-0.2, 0) is 28.6 Å². The van der Waals surface area contributed by atoms with Crippen molar-refractivity contribution in [3.63, 3.8) is 0 Å². The first kappa shape index (κ1) is 46.3. The van der Waals surface area contributed by atoms with Gasteiger partial charge in [0, 0.05) is 19.3 Å². The zero-order valence-corrected chi connectivity index (χ0v) is 31.2. The van der Waals surface area contributed by atoms with Crippen molar-refractivity contribution in [2.24, 2.45) is 0 Å². The molecule has 0 aromatic rings. The Hall–Kier alpha value is -1.71. The number of ether oxygens (including phenoxy) is 3. The molecule has 0 heterocycles. The lowest BCUT2D eigenvalue weighted by Crippen LogP contribution is -2.63. The summed E-state index contributed by atoms with van der Waals surface area (Å²) in [5.74, 6) is -9.33. The molecule has 0 aromatic heterocycles. The van der Waals surface area contributed by atoms with Gasteiger partial charge in [-0.2, -0.15) is 0 Å². The van der Waals surface area contributed by atoms with Crippen molar-refractivity contribution in [2.75, 3.05) is 6.61 Å². The molecule has 0 aliphatic heterocycles. The molecule has 0 rings (SSSR count). The number of hydrogen-bond donors (Lipinski definition) is 3. The molecular formula is C39H74O9. The monoisotopic (exact) mass is 687 g/mol. The number of carbonyl (C=O) groups excluding carboxylic acids is 3. The zero-order chi connectivity index (χ0) is 35.8. The fourth-order valence-corrected chi connectivity index (χ4v) is 5.77. The molecular weight excluding hydrogens is 612 g/mol. The Bertz CT molecular complexity index is 751. The normalized spacial score (nSPS) is 12.9. The Balaban J connectivity index is 5.04. The first-order valence-electron chi connectivity index (χ1n) is 19.9. The summed E-state index contributed by atoms with van der Waals surface area (Å²) in [5.41, 5.74) is 0. The van der Waals surface area contributed by atoms with E-state index in [1.165, 1.54) is 77.0 Å². The van der Waals surface area contributed by atoms with Crippen molar-refractivity contribution < 1.29 is 43.9 Å². The third-order valence-electron chi connectivity index (χ3n) is 8.95. The minimum absolute atomic E-state index is 0.0764. The summed E-state index contributed by atoms with van der Waals surface area (Å²) in [6.45, 7) is 5.21. The molecule has 0 bridgehead atoms. The van der Waals surface area contributed by atoms with Crippen molar-refractivity contribution in [3.05, 3.63) is 0 Å². The predicted octanol–water partition coefficient (Wildman–Crippen LogP) is 9.71. The van der Waals surface area contributed by atoms with Crippen LogP contribution < -0.4 is 0 Å². The number of hydrogen-bond acceptors (Lipinski definition) is 9. The Labute approximate surface area is 293 Å². The smallest absolute Gasteiger partial charge is 0.420 e. The molecule has 0 aromatic carbocycles. The van der Waals surface area contributed by atoms with Gasteiger partial charge in [-0.3, -0.25) is 14.4 Å². The standard InChI is InChI=1S/C39H74O9/c1-4-7-10-13-16-19-22-25-28-31-35(41)46-38(44,34-40)39(45,47-36(42)32-29-26-23-20-17-14-11-8-5-2)48-37(43)33-30-27-24-21-18-15-12-9-6-3/h40,44-45H,4-34H2,1-3H3. The second kappa shape index (κ2) is 31.3. The van der Waals surface area contributed by atoms with E-state index in [1.54, 1.807) is 0 Å². The summed E-state index contributed by atoms with van der Waals surface area (Å²) in [6.07, 6.45) is 27.7. The highest BCUT2D eigenvalue weighted by Crippen LogP contribution is 2.30. The highest BCUT2D eigenvalue weighted by Gasteiger charge is 2.61. The lowest BCUT2D eigenvalue weighted by molar-refractivity contribution is -0.448. The quantitative estimate of drug-likeness (QED) is 0.0338. The third-order valence-corrected chi connectivity index (χ3v) is 8.95. The SMILES string of the molecule is CCCCCCCCCCCC(=O)OC(O)(CO)C(O)(OC(=O)CCCCCCCCCCC)OC(=O)CCCCCCCCCCC. The van der Waals surface area contributed by atoms with Crippen LogP contribution in [0.5, 0.6) is 0 Å². The van der Waals surface area contributed by atoms with Gasteiger partial charge in [-0.25, -0.2) is 0 Å². The van der Waals surface area contributed by atoms with Crippen LogP contribution in [0.1, 0.15) is 213 Å². The number of unbranched alkanes of at least 4 members (excludes halogenated alkanes) is 24. The number of carbonyl (C=O) groups is 3. The van der Waals surface area contributed by atoms with Crippen molar-refractivity contribution in [1.29, 1.82) is 0 Å². The van der Waals surface area contributed by atoms with Crippen LogP contribution in [-0.4, -0.2) is 51.6 Å². The van der Waals surface area contributed by atoms with Gasteiger partial charge >= 0.3 is 29.7 Å². The molecule has 0 aliphatic carbocycles. The molecule has 0 amide bonds. The fraction of sp³-hybridized carbons (Fsp3) is 0.923. The van der Waals surface area contributed by atoms with Crippen molar-refractivity contribution in [3.8, 4) is 0 Å². The third kappa shape index (κ3) is 24.4. The Kier molecular flexibility index (Phi) is 30.2. The van der Waals surface area contributed by atoms with Crippen LogP contribution in [0.2, 0.25) is 0 Å². The molecule has 3 N–H and O–H groups in total. The van der Waals surface area contributed by atoms with Gasteiger partial charge < -0.3 is 29.5 Å². The number of rotatable bonds is 35. The fourth-order valence-electron chi connectivity index (χ4n) is 5.77. The van der Waals surface area contributed by atoms with Gasteiger partial charge in [0.25, 0.3) is 0 Å². The molecule has 1 unspecified atom stereocenters. The number of aliphatic hydroxyl groups excluding tert-OH is 1. The van der Waals surface area contributed by atoms with E-state index >= 15 is 0 Å². The van der Waals surface area contributed by atoms with Crippen molar-refractivity contribution in [1.82, 2.24) is 0 Å². The highest BCUT2D eigenvalue weighted by molar-refractivity contribution is 5.73. The minimum atomic E-state index is -3.39. The van der Waals surface area contributed by atoms with E-state index in [0.717, 1.165) is 77.0 Å². The second-order valence-electron chi connectivity index (χ2n) is 13.7. The van der Waals surface area contributed by atoms with Crippen LogP contribution in [0.25, 0.3) is 0 Å². The van der Waals surface area contributed by atoms with Gasteiger partial charge in [0.2, 0.25) is 0 Å². The van der Waals surface area contributed by atoms with E-state index in [4.69, 9.17) is 14.2 Å². The molecule has 48 heavy (non-hydrogen) atoms. The van der Waals surface area contributed by atoms with Gasteiger partial charge in [-0.05, 0) is 19.3 Å². The average Bonchev–Trinajstić information content (AvgIpc) is 3.05. The topological polar surface area (TPSA) is 140 Å². The molecule has 0 radical (unpaired) electrons. The summed E-state index contributed by atoms with van der Waals surface area (Å²) >= 11 is 0. The Morgan fingerprint density at radius 3 is 0.875 bits per heavy atom. The molecule has 0 aliphatic rings. The lowest BCUT2D eigenvalue weighted by Gasteiger charge is -2.38. The van der Waals surface area contributed by atoms with Crippen LogP contribution in [0.3, 0.4) is 0 Å². The maximum Gasteiger partial charge on any atom is 0.446 e. The molecule has 0 saturated carbocycles. The van der Waals surface area contributed by atoms with Gasteiger partial charge in [-0.15, -0.1) is 0 Å². The van der Waals surface area contributed by atoms with Crippen LogP contribution in [0.15, 0.2) is 0 Å². The van der Waals surface area contributed by atoms with Crippen LogP contribution in [0, 0.1) is 0 Å². The molecule has 0 saturated heterocycles. The molecule has 0 fully saturated rings. The van der Waals surface area contributed by atoms with Gasteiger partial charge in [0.1, 0.15) is 6.61 Å². The summed E-state index contributed by atoms with van der Waals surface area (Å²) in [5, 5.41) is 32.4. The number of esters is 3. The lowest BCUT2D eigenvalue weighted by atomic mass is 10.1. The average molecular weight is 687 g/mol. The molecule has 0 spiro atoms. The maximum absolute atomic E-state index is 12.8. The largest absolute Gasteiger partial charge is 0.446 e. The minimum Gasteiger partial charge on any atom is -0.420 e. The summed E-state index contributed by atoms with van der Waals surface area (Å²) in [6, 6.07) is 0. The van der Waals surface area contributed by atoms with E-state index in [0.29, 0.717) is 19.3 Å². The van der Waals surface area contributed by atoms with E-state index in [1.807, 2.05) is 0 Å². The summed E-state index contributed by atoms with van der Waals surface area (Å²) in [4.78, 5) is 38.2. The Morgan fingerprint density at radius 1 is 0.396 bits per heavy atom. The van der Waals surface area contributed by atoms with Crippen LogP contribution in [0.4, 0.5) is 0 Å². The molecule has 9 heteroatoms. The summed E-state index contributed by atoms with van der Waals surface area (Å²) < 4.78 is 15.3. The molecule has 284 valence electrons. The number of aliphatic hydroxyl groups is 3. The predicted molar refractivity (Wildman–Crippen MR) is 191 cm³/mol. The molecule has 9 nitrogen and oxygen atoms in total. The maximum atomic E-state index is 12.8.